The van der Waals surface area contributed by atoms with Gasteiger partial charge in [-0.3, -0.25) is 9.69 Å². The minimum Gasteiger partial charge on any atom is -0.436 e. The van der Waals surface area contributed by atoms with Crippen LogP contribution in [-0.2, 0) is 16.1 Å². The first-order chi connectivity index (χ1) is 12.2. The summed E-state index contributed by atoms with van der Waals surface area (Å²) in [5.74, 6) is -0.0678. The van der Waals surface area contributed by atoms with E-state index in [1.54, 1.807) is 37.5 Å². The Labute approximate surface area is 145 Å². The van der Waals surface area contributed by atoms with Gasteiger partial charge >= 0.3 is 0 Å². The van der Waals surface area contributed by atoms with Crippen LogP contribution in [0.3, 0.4) is 0 Å². The average Bonchev–Trinajstić information content (AvgIpc) is 2.65. The molecule has 0 bridgehead atoms. The molecule has 1 atom stereocenters. The molecule has 1 fully saturated rings. The molecule has 0 aliphatic carbocycles. The monoisotopic (exact) mass is 345 g/mol. The molecule has 1 amide bonds. The van der Waals surface area contributed by atoms with Crippen molar-refractivity contribution in [2.45, 2.75) is 12.6 Å². The maximum absolute atomic E-state index is 13.6. The zero-order valence-electron chi connectivity index (χ0n) is 13.9. The first-order valence-electron chi connectivity index (χ1n) is 8.08. The number of para-hydroxylation sites is 1. The molecule has 25 heavy (non-hydrogen) atoms. The lowest BCUT2D eigenvalue weighted by molar-refractivity contribution is -0.138. The number of pyridine rings is 1. The van der Waals surface area contributed by atoms with Crippen LogP contribution in [0.1, 0.15) is 5.56 Å². The molecular formula is C18H20FN3O3. The van der Waals surface area contributed by atoms with E-state index in [2.05, 4.69) is 15.2 Å². The molecule has 6 nitrogen and oxygen atoms in total. The maximum Gasteiger partial charge on any atom is 0.250 e. The average molecular weight is 345 g/mol. The van der Waals surface area contributed by atoms with Crippen molar-refractivity contribution in [1.82, 2.24) is 15.2 Å². The number of amides is 1. The molecule has 1 aromatic carbocycles. The molecule has 0 spiro atoms. The number of benzene rings is 1. The highest BCUT2D eigenvalue weighted by Crippen LogP contribution is 2.22. The molecule has 2 heterocycles. The summed E-state index contributed by atoms with van der Waals surface area (Å²) in [5.41, 5.74) is 0.985. The summed E-state index contributed by atoms with van der Waals surface area (Å²) in [6.45, 7) is 2.46. The van der Waals surface area contributed by atoms with Crippen molar-refractivity contribution in [3.05, 3.63) is 54.0 Å². The quantitative estimate of drug-likeness (QED) is 0.898. The molecule has 132 valence electrons. The maximum atomic E-state index is 13.6. The molecule has 1 unspecified atom stereocenters. The smallest absolute Gasteiger partial charge is 0.250 e. The van der Waals surface area contributed by atoms with E-state index in [9.17, 15) is 9.18 Å². The molecule has 1 aliphatic heterocycles. The summed E-state index contributed by atoms with van der Waals surface area (Å²) in [6.07, 6.45) is 1.25. The van der Waals surface area contributed by atoms with Crippen molar-refractivity contribution >= 4 is 5.91 Å². The van der Waals surface area contributed by atoms with Crippen LogP contribution in [-0.4, -0.2) is 48.6 Å². The van der Waals surface area contributed by atoms with Gasteiger partial charge in [-0.05, 0) is 17.7 Å². The molecule has 3 rings (SSSR count). The number of carbonyl (C=O) groups is 1. The molecule has 1 aliphatic rings. The minimum atomic E-state index is -0.449. The Morgan fingerprint density at radius 3 is 2.96 bits per heavy atom. The van der Waals surface area contributed by atoms with E-state index in [4.69, 9.17) is 9.47 Å². The van der Waals surface area contributed by atoms with Gasteiger partial charge in [-0.25, -0.2) is 9.37 Å². The second kappa shape index (κ2) is 8.04. The molecule has 7 heteroatoms. The van der Waals surface area contributed by atoms with Gasteiger partial charge in [-0.2, -0.15) is 0 Å². The van der Waals surface area contributed by atoms with Crippen LogP contribution in [0.25, 0.3) is 0 Å². The van der Waals surface area contributed by atoms with Crippen molar-refractivity contribution in [1.29, 1.82) is 0 Å². The number of hydrogen-bond donors (Lipinski definition) is 1. The third kappa shape index (κ3) is 4.52. The lowest BCUT2D eigenvalue weighted by atomic mass is 10.2. The molecule has 0 saturated carbocycles. The van der Waals surface area contributed by atoms with E-state index in [-0.39, 0.29) is 11.7 Å². The number of nitrogens with zero attached hydrogens (tertiary/aromatic N) is 2. The van der Waals surface area contributed by atoms with Crippen molar-refractivity contribution in [2.75, 3.05) is 26.7 Å². The Hall–Kier alpha value is -2.51. The number of rotatable bonds is 5. The SMILES string of the molecule is CNC(=O)C1CN(Cc2ccc(Oc3ccccc3F)nc2)CCO1. The zero-order chi connectivity index (χ0) is 17.6. The Bertz CT molecular complexity index is 724. The van der Waals surface area contributed by atoms with Crippen LogP contribution in [0.2, 0.25) is 0 Å². The fraction of sp³-hybridized carbons (Fsp3) is 0.333. The summed E-state index contributed by atoms with van der Waals surface area (Å²) >= 11 is 0. The molecular weight excluding hydrogens is 325 g/mol. The Balaban J connectivity index is 1.59. The number of ether oxygens (including phenoxy) is 2. The van der Waals surface area contributed by atoms with Crippen molar-refractivity contribution in [2.24, 2.45) is 0 Å². The summed E-state index contributed by atoms with van der Waals surface area (Å²) in [4.78, 5) is 18.0. The third-order valence-electron chi connectivity index (χ3n) is 3.94. The largest absolute Gasteiger partial charge is 0.436 e. The number of carbonyl (C=O) groups excluding carboxylic acids is 1. The summed E-state index contributed by atoms with van der Waals surface area (Å²) in [5, 5.41) is 2.60. The molecule has 1 N–H and O–H groups in total. The van der Waals surface area contributed by atoms with Crippen LogP contribution < -0.4 is 10.1 Å². The van der Waals surface area contributed by atoms with E-state index in [1.165, 1.54) is 6.07 Å². The van der Waals surface area contributed by atoms with Gasteiger partial charge in [0.25, 0.3) is 0 Å². The van der Waals surface area contributed by atoms with Gasteiger partial charge in [-0.1, -0.05) is 18.2 Å². The topological polar surface area (TPSA) is 63.7 Å². The van der Waals surface area contributed by atoms with E-state index in [0.717, 1.165) is 12.1 Å². The van der Waals surface area contributed by atoms with Crippen molar-refractivity contribution in [3.63, 3.8) is 0 Å². The van der Waals surface area contributed by atoms with E-state index in [1.807, 2.05) is 6.07 Å². The zero-order valence-corrected chi connectivity index (χ0v) is 13.9. The number of hydrogen-bond acceptors (Lipinski definition) is 5. The highest BCUT2D eigenvalue weighted by Gasteiger charge is 2.25. The van der Waals surface area contributed by atoms with Crippen LogP contribution in [0.5, 0.6) is 11.6 Å². The number of likely N-dealkylation sites (N-methyl/N-ethyl adjacent to an activating group) is 1. The van der Waals surface area contributed by atoms with Gasteiger partial charge in [0.05, 0.1) is 6.61 Å². The van der Waals surface area contributed by atoms with Crippen molar-refractivity contribution in [3.8, 4) is 11.6 Å². The molecule has 1 saturated heterocycles. The first kappa shape index (κ1) is 17.3. The van der Waals surface area contributed by atoms with Crippen LogP contribution >= 0.6 is 0 Å². The predicted molar refractivity (Wildman–Crippen MR) is 89.8 cm³/mol. The normalized spacial score (nSPS) is 17.9. The first-order valence-corrected chi connectivity index (χ1v) is 8.08. The predicted octanol–water partition coefficient (Wildman–Crippen LogP) is 1.96. The Morgan fingerprint density at radius 1 is 1.40 bits per heavy atom. The Morgan fingerprint density at radius 2 is 2.24 bits per heavy atom. The van der Waals surface area contributed by atoms with Crippen molar-refractivity contribution < 1.29 is 18.7 Å². The fourth-order valence-corrected chi connectivity index (χ4v) is 2.63. The molecule has 1 aromatic heterocycles. The van der Waals surface area contributed by atoms with E-state index in [0.29, 0.717) is 25.6 Å². The lowest BCUT2D eigenvalue weighted by Crippen LogP contribution is -2.48. The summed E-state index contributed by atoms with van der Waals surface area (Å²) in [7, 11) is 1.60. The van der Waals surface area contributed by atoms with Gasteiger partial charge in [0.1, 0.15) is 6.10 Å². The third-order valence-corrected chi connectivity index (χ3v) is 3.94. The molecule has 2 aromatic rings. The minimum absolute atomic E-state index is 0.114. The van der Waals surface area contributed by atoms with E-state index >= 15 is 0 Å². The van der Waals surface area contributed by atoms with Crippen LogP contribution in [0.4, 0.5) is 4.39 Å². The second-order valence-electron chi connectivity index (χ2n) is 5.75. The van der Waals surface area contributed by atoms with Gasteiger partial charge < -0.3 is 14.8 Å². The number of nitrogens with one attached hydrogen (secondary N) is 1. The fourth-order valence-electron chi connectivity index (χ4n) is 2.63. The van der Waals surface area contributed by atoms with Gasteiger partial charge in [0, 0.05) is 38.9 Å². The van der Waals surface area contributed by atoms with Crippen LogP contribution in [0, 0.1) is 5.82 Å². The lowest BCUT2D eigenvalue weighted by Gasteiger charge is -2.31. The van der Waals surface area contributed by atoms with Gasteiger partial charge in [0.2, 0.25) is 11.8 Å². The standard InChI is InChI=1S/C18H20FN3O3/c1-20-18(23)16-12-22(8-9-24-16)11-13-6-7-17(21-10-13)25-15-5-3-2-4-14(15)19/h2-7,10,16H,8-9,11-12H2,1H3,(H,20,23). The number of morpholine rings is 1. The summed E-state index contributed by atoms with van der Waals surface area (Å²) in [6, 6.07) is 9.79. The highest BCUT2D eigenvalue weighted by molar-refractivity contribution is 5.80. The van der Waals surface area contributed by atoms with E-state index < -0.39 is 11.9 Å². The number of halogens is 1. The number of aromatic nitrogens is 1. The summed E-state index contributed by atoms with van der Waals surface area (Å²) < 4.78 is 24.5. The van der Waals surface area contributed by atoms with Gasteiger partial charge in [-0.15, -0.1) is 0 Å². The second-order valence-corrected chi connectivity index (χ2v) is 5.75. The highest BCUT2D eigenvalue weighted by atomic mass is 19.1. The Kier molecular flexibility index (Phi) is 5.57. The van der Waals surface area contributed by atoms with Crippen LogP contribution in [0.15, 0.2) is 42.6 Å². The molecule has 0 radical (unpaired) electrons. The van der Waals surface area contributed by atoms with Gasteiger partial charge in [0.15, 0.2) is 11.6 Å².